The lowest BCUT2D eigenvalue weighted by Gasteiger charge is -2.28. The highest BCUT2D eigenvalue weighted by Gasteiger charge is 2.39. The topological polar surface area (TPSA) is 78.6 Å². The van der Waals surface area contributed by atoms with Crippen LogP contribution in [0.3, 0.4) is 0 Å². The van der Waals surface area contributed by atoms with Crippen LogP contribution in [0.5, 0.6) is 0 Å². The molecule has 0 radical (unpaired) electrons. The maximum atomic E-state index is 11.9. The van der Waals surface area contributed by atoms with Crippen molar-refractivity contribution in [3.63, 3.8) is 0 Å². The highest BCUT2D eigenvalue weighted by molar-refractivity contribution is 6.60. The largest absolute Gasteiger partial charge is 0.500 e. The maximum absolute atomic E-state index is 11.9. The van der Waals surface area contributed by atoms with Crippen LogP contribution in [0.25, 0.3) is 0 Å². The van der Waals surface area contributed by atoms with Gasteiger partial charge < -0.3 is 28.1 Å². The lowest BCUT2D eigenvalue weighted by atomic mass is 10.0. The van der Waals surface area contributed by atoms with Gasteiger partial charge in [-0.25, -0.2) is 4.79 Å². The Balaban J connectivity index is 1.78. The number of alkyl carbamates (subject to hydrolysis) is 1. The van der Waals surface area contributed by atoms with Crippen molar-refractivity contribution in [3.05, 3.63) is 0 Å². The highest BCUT2D eigenvalue weighted by Crippen LogP contribution is 2.19. The molecule has 39 heavy (non-hydrogen) atoms. The zero-order valence-corrected chi connectivity index (χ0v) is 26.9. The second-order valence-electron chi connectivity index (χ2n) is 10.9. The quantitative estimate of drug-likeness (QED) is 0.0527. The molecule has 0 aromatic carbocycles. The van der Waals surface area contributed by atoms with Gasteiger partial charge in [-0.1, -0.05) is 103 Å². The fraction of sp³-hybridized carbons (Fsp3) is 0.968. The number of hydrogen-bond acceptors (Lipinski definition) is 6. The first kappa shape index (κ1) is 36.4. The summed E-state index contributed by atoms with van der Waals surface area (Å²) >= 11 is 0. The molecule has 232 valence electrons. The molecule has 0 saturated carbocycles. The molecule has 8 heteroatoms. The summed E-state index contributed by atoms with van der Waals surface area (Å²) in [6.45, 7) is 9.62. The fourth-order valence-corrected chi connectivity index (χ4v) is 7.69. The molecule has 0 spiro atoms. The van der Waals surface area contributed by atoms with Crippen LogP contribution in [0.1, 0.15) is 143 Å². The van der Waals surface area contributed by atoms with E-state index in [9.17, 15) is 4.79 Å². The van der Waals surface area contributed by atoms with Gasteiger partial charge >= 0.3 is 14.9 Å². The molecule has 1 fully saturated rings. The Hall–Kier alpha value is -0.673. The molecule has 0 aromatic rings. The monoisotopic (exact) mass is 573 g/mol. The zero-order valence-electron chi connectivity index (χ0n) is 25.9. The highest BCUT2D eigenvalue weighted by atomic mass is 28.4. The molecule has 1 heterocycles. The Kier molecular flexibility index (Phi) is 24.5. The zero-order chi connectivity index (χ0) is 28.3. The third-order valence-corrected chi connectivity index (χ3v) is 10.5. The van der Waals surface area contributed by atoms with Gasteiger partial charge in [0.1, 0.15) is 0 Å². The minimum absolute atomic E-state index is 0.332. The lowest BCUT2D eigenvalue weighted by Crippen LogP contribution is -2.46. The summed E-state index contributed by atoms with van der Waals surface area (Å²) in [7, 11) is -2.63. The van der Waals surface area contributed by atoms with Crippen LogP contribution >= 0.6 is 0 Å². The third-order valence-electron chi connectivity index (χ3n) is 7.33. The summed E-state index contributed by atoms with van der Waals surface area (Å²) in [5.41, 5.74) is 0. The summed E-state index contributed by atoms with van der Waals surface area (Å²) in [4.78, 5) is 11.9. The van der Waals surface area contributed by atoms with Crippen molar-refractivity contribution >= 4 is 14.9 Å². The van der Waals surface area contributed by atoms with Gasteiger partial charge in [-0.05, 0) is 40.0 Å². The van der Waals surface area contributed by atoms with Crippen molar-refractivity contribution in [2.45, 2.75) is 155 Å². The van der Waals surface area contributed by atoms with E-state index in [1.807, 2.05) is 20.8 Å². The minimum atomic E-state index is -2.63. The average Bonchev–Trinajstić information content (AvgIpc) is 3.75. The summed E-state index contributed by atoms with van der Waals surface area (Å²) in [6.07, 6.45) is 25.1. The van der Waals surface area contributed by atoms with Crippen molar-refractivity contribution in [3.8, 4) is 0 Å². The van der Waals surface area contributed by atoms with Gasteiger partial charge in [0.2, 0.25) is 0 Å². The second-order valence-corrected chi connectivity index (χ2v) is 13.6. The molecular formula is C31H63NO6Si. The number of epoxide rings is 1. The molecule has 1 aliphatic rings. The molecule has 1 atom stereocenters. The lowest BCUT2D eigenvalue weighted by molar-refractivity contribution is 0.0706. The molecule has 1 unspecified atom stereocenters. The molecule has 0 aromatic heterocycles. The van der Waals surface area contributed by atoms with Crippen LogP contribution in [-0.4, -0.2) is 60.6 Å². The Labute approximate surface area is 242 Å². The van der Waals surface area contributed by atoms with Crippen molar-refractivity contribution in [2.24, 2.45) is 0 Å². The average molecular weight is 574 g/mol. The van der Waals surface area contributed by atoms with Crippen LogP contribution in [-0.2, 0) is 22.8 Å². The number of carbonyl (C=O) groups excluding carboxylic acids is 1. The Bertz CT molecular complexity index is 532. The van der Waals surface area contributed by atoms with E-state index in [1.165, 1.54) is 103 Å². The van der Waals surface area contributed by atoms with Gasteiger partial charge in [-0.15, -0.1) is 0 Å². The Morgan fingerprint density at radius 2 is 1.08 bits per heavy atom. The molecule has 1 N–H and O–H groups in total. The van der Waals surface area contributed by atoms with E-state index in [0.29, 0.717) is 45.1 Å². The van der Waals surface area contributed by atoms with Gasteiger partial charge in [0.25, 0.3) is 0 Å². The molecule has 1 rings (SSSR count). The minimum Gasteiger partial charge on any atom is -0.450 e. The van der Waals surface area contributed by atoms with Crippen LogP contribution in [0, 0.1) is 0 Å². The SMILES string of the molecule is CCO[Si](CCCNC(=O)OCCCCCCCCCCCCCCCCCCCC1CO1)(OCC)OCC. The fourth-order valence-electron chi connectivity index (χ4n) is 5.07. The molecule has 7 nitrogen and oxygen atoms in total. The number of carbonyl (C=O) groups is 1. The van der Waals surface area contributed by atoms with E-state index in [1.54, 1.807) is 0 Å². The predicted molar refractivity (Wildman–Crippen MR) is 162 cm³/mol. The van der Waals surface area contributed by atoms with Gasteiger partial charge in [0.05, 0.1) is 19.3 Å². The van der Waals surface area contributed by atoms with E-state index < -0.39 is 8.80 Å². The Morgan fingerprint density at radius 3 is 1.49 bits per heavy atom. The molecular weight excluding hydrogens is 510 g/mol. The molecule has 1 aliphatic heterocycles. The normalized spacial score (nSPS) is 15.0. The van der Waals surface area contributed by atoms with Gasteiger partial charge in [-0.2, -0.15) is 0 Å². The number of amides is 1. The second kappa shape index (κ2) is 26.2. The summed E-state index contributed by atoms with van der Waals surface area (Å²) < 4.78 is 28.1. The van der Waals surface area contributed by atoms with Crippen LogP contribution < -0.4 is 5.32 Å². The van der Waals surface area contributed by atoms with Gasteiger partial charge in [-0.3, -0.25) is 0 Å². The predicted octanol–water partition coefficient (Wildman–Crippen LogP) is 8.57. The van der Waals surface area contributed by atoms with Crippen molar-refractivity contribution in [1.29, 1.82) is 0 Å². The number of unbranched alkanes of at least 4 members (excludes halogenated alkanes) is 16. The van der Waals surface area contributed by atoms with Crippen LogP contribution in [0.15, 0.2) is 0 Å². The first-order chi connectivity index (χ1) is 19.2. The first-order valence-electron chi connectivity index (χ1n) is 16.6. The number of rotatable bonds is 30. The van der Waals surface area contributed by atoms with E-state index in [2.05, 4.69) is 5.32 Å². The standard InChI is InChI=1S/C31H63NO6Si/c1-4-36-39(37-5-2,38-6-3)28-24-26-32-31(33)34-27-23-21-19-17-15-13-11-9-7-8-10-12-14-16-18-20-22-25-30-29-35-30/h30H,4-29H2,1-3H3,(H,32,33). The smallest absolute Gasteiger partial charge is 0.450 e. The molecule has 0 aliphatic carbocycles. The molecule has 0 bridgehead atoms. The summed E-state index contributed by atoms with van der Waals surface area (Å²) in [5.74, 6) is 0. The van der Waals surface area contributed by atoms with Crippen LogP contribution in [0.4, 0.5) is 4.79 Å². The van der Waals surface area contributed by atoms with Crippen molar-refractivity contribution < 1.29 is 27.5 Å². The number of hydrogen-bond donors (Lipinski definition) is 1. The van der Waals surface area contributed by atoms with Crippen molar-refractivity contribution in [2.75, 3.05) is 39.6 Å². The van der Waals surface area contributed by atoms with Gasteiger partial charge in [0.15, 0.2) is 0 Å². The van der Waals surface area contributed by atoms with E-state index in [-0.39, 0.29) is 6.09 Å². The molecule has 1 saturated heterocycles. The number of nitrogens with one attached hydrogen (secondary N) is 1. The Morgan fingerprint density at radius 1 is 0.667 bits per heavy atom. The summed E-state index contributed by atoms with van der Waals surface area (Å²) in [5, 5.41) is 2.84. The first-order valence-corrected chi connectivity index (χ1v) is 18.5. The van der Waals surface area contributed by atoms with E-state index in [0.717, 1.165) is 25.9 Å². The molecule has 1 amide bonds. The summed E-state index contributed by atoms with van der Waals surface area (Å²) in [6, 6.07) is 0.695. The third kappa shape index (κ3) is 22.7. The maximum Gasteiger partial charge on any atom is 0.500 e. The van der Waals surface area contributed by atoms with Gasteiger partial charge in [0, 0.05) is 32.4 Å². The van der Waals surface area contributed by atoms with E-state index >= 15 is 0 Å². The van der Waals surface area contributed by atoms with Crippen LogP contribution in [0.2, 0.25) is 6.04 Å². The number of ether oxygens (including phenoxy) is 2. The van der Waals surface area contributed by atoms with Crippen molar-refractivity contribution in [1.82, 2.24) is 5.32 Å². The van der Waals surface area contributed by atoms with E-state index in [4.69, 9.17) is 22.8 Å².